The summed E-state index contributed by atoms with van der Waals surface area (Å²) in [4.78, 5) is 31.3. The number of nitrogens with zero attached hydrogens (tertiary/aromatic N) is 1. The Kier molecular flexibility index (Phi) is 5.73. The summed E-state index contributed by atoms with van der Waals surface area (Å²) < 4.78 is 14.1. The van der Waals surface area contributed by atoms with Crippen molar-refractivity contribution in [2.24, 2.45) is 5.73 Å². The van der Waals surface area contributed by atoms with Crippen LogP contribution in [0.2, 0.25) is 0 Å². The summed E-state index contributed by atoms with van der Waals surface area (Å²) in [5, 5.41) is 3.75. The van der Waals surface area contributed by atoms with E-state index in [1.807, 2.05) is 19.9 Å². The highest BCUT2D eigenvalue weighted by molar-refractivity contribution is 5.95. The second-order valence-corrected chi connectivity index (χ2v) is 7.73. The number of benzene rings is 2. The Balaban J connectivity index is 1.44. The zero-order valence-electron chi connectivity index (χ0n) is 17.8. The molecule has 0 unspecified atom stereocenters. The molecule has 4 aromatic rings. The van der Waals surface area contributed by atoms with Gasteiger partial charge in [0.05, 0.1) is 5.52 Å². The van der Waals surface area contributed by atoms with Crippen LogP contribution in [0.3, 0.4) is 0 Å². The minimum absolute atomic E-state index is 0.283. The summed E-state index contributed by atoms with van der Waals surface area (Å²) in [5.41, 5.74) is 11.0. The molecular formula is C25H23FN4O2. The molecule has 32 heavy (non-hydrogen) atoms. The number of hydrogen-bond donors (Lipinski definition) is 3. The van der Waals surface area contributed by atoms with Crippen LogP contribution < -0.4 is 11.1 Å². The number of hydrogen-bond acceptors (Lipinski definition) is 3. The molecule has 2 aromatic carbocycles. The first kappa shape index (κ1) is 21.2. The monoisotopic (exact) mass is 430 g/mol. The van der Waals surface area contributed by atoms with Gasteiger partial charge in [-0.05, 0) is 61.2 Å². The topological polar surface area (TPSA) is 101 Å². The third-order valence-electron chi connectivity index (χ3n) is 5.57. The van der Waals surface area contributed by atoms with E-state index in [0.29, 0.717) is 24.0 Å². The lowest BCUT2D eigenvalue weighted by atomic mass is 10.0. The van der Waals surface area contributed by atoms with Gasteiger partial charge in [0, 0.05) is 34.9 Å². The molecule has 0 bridgehead atoms. The molecule has 0 atom stereocenters. The van der Waals surface area contributed by atoms with Crippen LogP contribution in [0, 0.1) is 19.7 Å². The number of carbonyl (C=O) groups is 2. The molecule has 0 spiro atoms. The lowest BCUT2D eigenvalue weighted by Crippen LogP contribution is -2.26. The number of aromatic nitrogens is 2. The van der Waals surface area contributed by atoms with Gasteiger partial charge in [0.25, 0.3) is 5.91 Å². The molecule has 0 aliphatic carbocycles. The van der Waals surface area contributed by atoms with Gasteiger partial charge in [-0.25, -0.2) is 4.39 Å². The number of nitrogens with two attached hydrogens (primary N) is 1. The van der Waals surface area contributed by atoms with Gasteiger partial charge in [0.1, 0.15) is 11.5 Å². The molecular weight excluding hydrogens is 407 g/mol. The van der Waals surface area contributed by atoms with Gasteiger partial charge in [-0.2, -0.15) is 0 Å². The summed E-state index contributed by atoms with van der Waals surface area (Å²) in [6, 6.07) is 13.6. The maximum atomic E-state index is 14.1. The van der Waals surface area contributed by atoms with Crippen LogP contribution in [0.25, 0.3) is 22.0 Å². The molecule has 2 aromatic heterocycles. The Labute approximate surface area is 184 Å². The van der Waals surface area contributed by atoms with E-state index in [4.69, 9.17) is 5.73 Å². The maximum Gasteiger partial charge on any atom is 0.269 e. The van der Waals surface area contributed by atoms with Gasteiger partial charge in [-0.15, -0.1) is 0 Å². The fraction of sp³-hybridized carbons (Fsp3) is 0.160. The first-order valence-electron chi connectivity index (χ1n) is 10.3. The summed E-state index contributed by atoms with van der Waals surface area (Å²) in [5.74, 6) is -1.07. The van der Waals surface area contributed by atoms with Crippen LogP contribution in [-0.2, 0) is 6.42 Å². The van der Waals surface area contributed by atoms with Crippen molar-refractivity contribution in [3.63, 3.8) is 0 Å². The van der Waals surface area contributed by atoms with Crippen molar-refractivity contribution >= 4 is 22.7 Å². The predicted molar refractivity (Wildman–Crippen MR) is 122 cm³/mol. The largest absolute Gasteiger partial charge is 0.366 e. The Bertz CT molecular complexity index is 1330. The molecule has 2 heterocycles. The molecule has 0 fully saturated rings. The summed E-state index contributed by atoms with van der Waals surface area (Å²) >= 11 is 0. The summed E-state index contributed by atoms with van der Waals surface area (Å²) in [7, 11) is 0. The minimum atomic E-state index is -0.501. The van der Waals surface area contributed by atoms with Crippen molar-refractivity contribution < 1.29 is 14.0 Å². The third-order valence-corrected chi connectivity index (χ3v) is 5.57. The molecule has 4 N–H and O–H groups in total. The molecule has 4 rings (SSSR count). The fourth-order valence-electron chi connectivity index (χ4n) is 3.90. The van der Waals surface area contributed by atoms with Gasteiger partial charge in [-0.1, -0.05) is 24.3 Å². The molecule has 0 aliphatic heterocycles. The van der Waals surface area contributed by atoms with E-state index in [9.17, 15) is 14.0 Å². The highest BCUT2D eigenvalue weighted by atomic mass is 19.1. The summed E-state index contributed by atoms with van der Waals surface area (Å²) in [6.45, 7) is 4.25. The lowest BCUT2D eigenvalue weighted by molar-refractivity contribution is 0.0948. The predicted octanol–water partition coefficient (Wildman–Crippen LogP) is 4.06. The Morgan fingerprint density at radius 2 is 1.91 bits per heavy atom. The fourth-order valence-corrected chi connectivity index (χ4v) is 3.90. The van der Waals surface area contributed by atoms with Crippen molar-refractivity contribution in [3.8, 4) is 11.1 Å². The zero-order valence-corrected chi connectivity index (χ0v) is 17.8. The molecule has 2 amide bonds. The van der Waals surface area contributed by atoms with Crippen molar-refractivity contribution in [1.29, 1.82) is 0 Å². The Hall–Kier alpha value is -4.00. The van der Waals surface area contributed by atoms with Gasteiger partial charge < -0.3 is 16.0 Å². The number of primary amides is 1. The summed E-state index contributed by atoms with van der Waals surface area (Å²) in [6.07, 6.45) is 2.16. The molecule has 162 valence electrons. The SMILES string of the molecule is Cc1[nH]c2c(F)ccc(C)c2c1CCNC(=O)c1ccc(-c2cccc(C(N)=O)c2)cn1. The average Bonchev–Trinajstić information content (AvgIpc) is 3.14. The van der Waals surface area contributed by atoms with Crippen molar-refractivity contribution in [2.45, 2.75) is 20.3 Å². The number of carbonyl (C=O) groups excluding carboxylic acids is 2. The van der Waals surface area contributed by atoms with Gasteiger partial charge in [0.2, 0.25) is 5.91 Å². The lowest BCUT2D eigenvalue weighted by Gasteiger charge is -2.08. The van der Waals surface area contributed by atoms with Crippen molar-refractivity contribution in [3.05, 3.63) is 88.6 Å². The van der Waals surface area contributed by atoms with Crippen LogP contribution in [0.4, 0.5) is 4.39 Å². The molecule has 7 heteroatoms. The van der Waals surface area contributed by atoms with E-state index < -0.39 is 5.91 Å². The normalized spacial score (nSPS) is 11.0. The second-order valence-electron chi connectivity index (χ2n) is 7.73. The Morgan fingerprint density at radius 1 is 1.09 bits per heavy atom. The molecule has 6 nitrogen and oxygen atoms in total. The second kappa shape index (κ2) is 8.63. The van der Waals surface area contributed by atoms with Crippen molar-refractivity contribution in [2.75, 3.05) is 6.54 Å². The van der Waals surface area contributed by atoms with Crippen LogP contribution in [0.15, 0.2) is 54.7 Å². The van der Waals surface area contributed by atoms with E-state index in [-0.39, 0.29) is 17.4 Å². The molecule has 0 radical (unpaired) electrons. The van der Waals surface area contributed by atoms with Gasteiger partial charge in [0.15, 0.2) is 0 Å². The first-order chi connectivity index (χ1) is 15.3. The van der Waals surface area contributed by atoms with E-state index in [2.05, 4.69) is 15.3 Å². The number of H-pyrrole nitrogens is 1. The number of rotatable bonds is 6. The minimum Gasteiger partial charge on any atom is -0.366 e. The third kappa shape index (κ3) is 4.09. The number of nitrogens with one attached hydrogen (secondary N) is 2. The standard InChI is InChI=1S/C25H23FN4O2/c1-14-6-8-20(26)23-22(14)19(15(2)30-23)10-11-28-25(32)21-9-7-18(13-29-21)16-4-3-5-17(12-16)24(27)31/h3-9,12-13,30H,10-11H2,1-2H3,(H2,27,31)(H,28,32). The number of aryl methyl sites for hydroxylation is 2. The van der Waals surface area contributed by atoms with Crippen LogP contribution in [0.1, 0.15) is 37.7 Å². The number of fused-ring (bicyclic) bond motifs is 1. The maximum absolute atomic E-state index is 14.1. The molecule has 0 saturated heterocycles. The van der Waals surface area contributed by atoms with Crippen LogP contribution >= 0.6 is 0 Å². The number of halogens is 1. The zero-order chi connectivity index (χ0) is 22.8. The van der Waals surface area contributed by atoms with E-state index in [1.54, 1.807) is 42.6 Å². The van der Waals surface area contributed by atoms with Gasteiger partial charge in [-0.3, -0.25) is 14.6 Å². The Morgan fingerprint density at radius 3 is 2.62 bits per heavy atom. The van der Waals surface area contributed by atoms with E-state index in [1.165, 1.54) is 6.07 Å². The number of pyridine rings is 1. The van der Waals surface area contributed by atoms with E-state index >= 15 is 0 Å². The highest BCUT2D eigenvalue weighted by Crippen LogP contribution is 2.28. The number of aromatic amines is 1. The van der Waals surface area contributed by atoms with Crippen LogP contribution in [0.5, 0.6) is 0 Å². The highest BCUT2D eigenvalue weighted by Gasteiger charge is 2.15. The van der Waals surface area contributed by atoms with Crippen molar-refractivity contribution in [1.82, 2.24) is 15.3 Å². The first-order valence-corrected chi connectivity index (χ1v) is 10.3. The molecule has 0 saturated carbocycles. The molecule has 0 aliphatic rings. The quantitative estimate of drug-likeness (QED) is 0.430. The van der Waals surface area contributed by atoms with Crippen LogP contribution in [-0.4, -0.2) is 28.3 Å². The average molecular weight is 430 g/mol. The van der Waals surface area contributed by atoms with Gasteiger partial charge >= 0.3 is 0 Å². The van der Waals surface area contributed by atoms with E-state index in [0.717, 1.165) is 33.3 Å². The number of amides is 2. The smallest absolute Gasteiger partial charge is 0.269 e.